The predicted molar refractivity (Wildman–Crippen MR) is 80.8 cm³/mol. The van der Waals surface area contributed by atoms with E-state index in [1.165, 1.54) is 25.7 Å². The van der Waals surface area contributed by atoms with E-state index >= 15 is 0 Å². The van der Waals surface area contributed by atoms with Crippen LogP contribution >= 0.6 is 0 Å². The summed E-state index contributed by atoms with van der Waals surface area (Å²) in [5.74, 6) is 3.72. The quantitative estimate of drug-likeness (QED) is 0.825. The maximum absolute atomic E-state index is 4.67. The molecule has 0 bridgehead atoms. The minimum absolute atomic E-state index is 0.821. The molecule has 4 heteroatoms. The fourth-order valence-electron chi connectivity index (χ4n) is 2.77. The van der Waals surface area contributed by atoms with Crippen molar-refractivity contribution in [1.82, 2.24) is 9.97 Å². The van der Waals surface area contributed by atoms with Crippen molar-refractivity contribution in [2.75, 3.05) is 24.2 Å². The lowest BCUT2D eigenvalue weighted by Crippen LogP contribution is -2.15. The van der Waals surface area contributed by atoms with Gasteiger partial charge in [0.05, 0.1) is 0 Å². The van der Waals surface area contributed by atoms with Crippen molar-refractivity contribution in [3.63, 3.8) is 0 Å². The summed E-state index contributed by atoms with van der Waals surface area (Å²) in [5, 5.41) is 6.71. The van der Waals surface area contributed by atoms with Gasteiger partial charge in [0.1, 0.15) is 17.5 Å². The summed E-state index contributed by atoms with van der Waals surface area (Å²) in [6.45, 7) is 5.29. The number of nitrogens with zero attached hydrogens (tertiary/aromatic N) is 2. The highest BCUT2D eigenvalue weighted by Crippen LogP contribution is 2.26. The lowest BCUT2D eigenvalue weighted by Gasteiger charge is -2.16. The van der Waals surface area contributed by atoms with Crippen LogP contribution in [0.2, 0.25) is 0 Å². The van der Waals surface area contributed by atoms with Gasteiger partial charge in [-0.3, -0.25) is 0 Å². The summed E-state index contributed by atoms with van der Waals surface area (Å²) in [6, 6.07) is 0. The molecule has 1 heterocycles. The molecular formula is C15H26N4. The van der Waals surface area contributed by atoms with Crippen LogP contribution in [0.25, 0.3) is 0 Å². The molecule has 1 aliphatic rings. The Morgan fingerprint density at radius 3 is 2.47 bits per heavy atom. The van der Waals surface area contributed by atoms with Crippen molar-refractivity contribution in [1.29, 1.82) is 0 Å². The van der Waals surface area contributed by atoms with Gasteiger partial charge in [-0.25, -0.2) is 9.97 Å². The summed E-state index contributed by atoms with van der Waals surface area (Å²) < 4.78 is 0. The molecule has 0 unspecified atom stereocenters. The molecule has 0 radical (unpaired) electrons. The Morgan fingerprint density at radius 2 is 1.84 bits per heavy atom. The second-order valence-corrected chi connectivity index (χ2v) is 5.49. The molecular weight excluding hydrogens is 236 g/mol. The number of nitrogens with one attached hydrogen (secondary N) is 2. The third-order valence-electron chi connectivity index (χ3n) is 3.94. The van der Waals surface area contributed by atoms with Crippen molar-refractivity contribution in [3.05, 3.63) is 11.4 Å². The Morgan fingerprint density at radius 1 is 1.16 bits per heavy atom. The summed E-state index contributed by atoms with van der Waals surface area (Å²) in [7, 11) is 1.92. The number of anilines is 2. The zero-order valence-electron chi connectivity index (χ0n) is 12.4. The van der Waals surface area contributed by atoms with E-state index in [1.54, 1.807) is 0 Å². The first-order valence-electron chi connectivity index (χ1n) is 7.53. The monoisotopic (exact) mass is 262 g/mol. The molecule has 0 atom stereocenters. The second kappa shape index (κ2) is 6.73. The van der Waals surface area contributed by atoms with Crippen LogP contribution in [0.1, 0.15) is 50.4 Å². The normalized spacial score (nSPS) is 15.7. The Bertz CT molecular complexity index is 411. The number of aromatic nitrogens is 2. The molecule has 1 aliphatic carbocycles. The summed E-state index contributed by atoms with van der Waals surface area (Å²) in [5.41, 5.74) is 1.13. The third-order valence-corrected chi connectivity index (χ3v) is 3.94. The number of hydrogen-bond acceptors (Lipinski definition) is 4. The van der Waals surface area contributed by atoms with Gasteiger partial charge in [0, 0.05) is 25.6 Å². The zero-order valence-corrected chi connectivity index (χ0v) is 12.4. The molecule has 106 valence electrons. The molecule has 0 spiro atoms. The molecule has 0 saturated heterocycles. The van der Waals surface area contributed by atoms with Gasteiger partial charge in [-0.1, -0.05) is 19.8 Å². The minimum Gasteiger partial charge on any atom is -0.373 e. The van der Waals surface area contributed by atoms with Gasteiger partial charge < -0.3 is 10.6 Å². The topological polar surface area (TPSA) is 49.8 Å². The second-order valence-electron chi connectivity index (χ2n) is 5.49. The van der Waals surface area contributed by atoms with Gasteiger partial charge in [0.15, 0.2) is 0 Å². The van der Waals surface area contributed by atoms with Crippen molar-refractivity contribution >= 4 is 11.6 Å². The van der Waals surface area contributed by atoms with Gasteiger partial charge in [-0.15, -0.1) is 0 Å². The lowest BCUT2D eigenvalue weighted by molar-refractivity contribution is 0.578. The van der Waals surface area contributed by atoms with Crippen molar-refractivity contribution < 1.29 is 0 Å². The summed E-state index contributed by atoms with van der Waals surface area (Å²) in [6.07, 6.45) is 7.51. The first-order valence-corrected chi connectivity index (χ1v) is 7.53. The van der Waals surface area contributed by atoms with E-state index in [-0.39, 0.29) is 0 Å². The number of hydrogen-bond donors (Lipinski definition) is 2. The average Bonchev–Trinajstić information content (AvgIpc) is 2.92. The highest BCUT2D eigenvalue weighted by Gasteiger charge is 2.16. The maximum Gasteiger partial charge on any atom is 0.134 e. The Kier molecular flexibility index (Phi) is 5.00. The van der Waals surface area contributed by atoms with Gasteiger partial charge in [-0.2, -0.15) is 0 Å². The molecule has 1 saturated carbocycles. The molecule has 4 nitrogen and oxygen atoms in total. The Hall–Kier alpha value is -1.32. The van der Waals surface area contributed by atoms with Crippen LogP contribution < -0.4 is 10.6 Å². The van der Waals surface area contributed by atoms with E-state index in [2.05, 4.69) is 34.4 Å². The minimum atomic E-state index is 0.821. The number of aryl methyl sites for hydroxylation is 1. The average molecular weight is 262 g/mol. The van der Waals surface area contributed by atoms with Crippen LogP contribution in [0.4, 0.5) is 11.6 Å². The molecule has 1 aromatic heterocycles. The molecule has 0 amide bonds. The smallest absolute Gasteiger partial charge is 0.134 e. The van der Waals surface area contributed by atoms with E-state index in [9.17, 15) is 0 Å². The Labute approximate surface area is 116 Å². The van der Waals surface area contributed by atoms with Crippen LogP contribution in [0.5, 0.6) is 0 Å². The van der Waals surface area contributed by atoms with Crippen LogP contribution in [0.3, 0.4) is 0 Å². The Balaban J connectivity index is 2.09. The van der Waals surface area contributed by atoms with Gasteiger partial charge in [0.25, 0.3) is 0 Å². The fourth-order valence-corrected chi connectivity index (χ4v) is 2.77. The largest absolute Gasteiger partial charge is 0.373 e. The van der Waals surface area contributed by atoms with Gasteiger partial charge in [-0.05, 0) is 32.1 Å². The van der Waals surface area contributed by atoms with Crippen LogP contribution in [-0.4, -0.2) is 23.6 Å². The number of rotatable bonds is 6. The van der Waals surface area contributed by atoms with Crippen molar-refractivity contribution in [2.24, 2.45) is 5.92 Å². The van der Waals surface area contributed by atoms with Gasteiger partial charge in [0.2, 0.25) is 0 Å². The SMILES string of the molecule is CCCc1nc(NC)c(C)c(NCC2CCCC2)n1. The highest BCUT2D eigenvalue weighted by molar-refractivity contribution is 5.57. The van der Waals surface area contributed by atoms with Crippen LogP contribution in [-0.2, 0) is 6.42 Å². The molecule has 0 aliphatic heterocycles. The van der Waals surface area contributed by atoms with E-state index in [4.69, 9.17) is 0 Å². The maximum atomic E-state index is 4.67. The van der Waals surface area contributed by atoms with E-state index in [0.717, 1.165) is 48.3 Å². The zero-order chi connectivity index (χ0) is 13.7. The van der Waals surface area contributed by atoms with E-state index in [0.29, 0.717) is 0 Å². The summed E-state index contributed by atoms with van der Waals surface area (Å²) >= 11 is 0. The van der Waals surface area contributed by atoms with E-state index < -0.39 is 0 Å². The van der Waals surface area contributed by atoms with Crippen molar-refractivity contribution in [3.8, 4) is 0 Å². The molecule has 0 aromatic carbocycles. The lowest BCUT2D eigenvalue weighted by atomic mass is 10.1. The molecule has 1 fully saturated rings. The van der Waals surface area contributed by atoms with Crippen LogP contribution in [0, 0.1) is 12.8 Å². The van der Waals surface area contributed by atoms with Crippen LogP contribution in [0.15, 0.2) is 0 Å². The van der Waals surface area contributed by atoms with Gasteiger partial charge >= 0.3 is 0 Å². The molecule has 19 heavy (non-hydrogen) atoms. The van der Waals surface area contributed by atoms with E-state index in [1.807, 2.05) is 7.05 Å². The fraction of sp³-hybridized carbons (Fsp3) is 0.733. The molecule has 2 N–H and O–H groups in total. The molecule has 1 aromatic rings. The third kappa shape index (κ3) is 3.58. The standard InChI is InChI=1S/C15H26N4/c1-4-7-13-18-14(16-3)11(2)15(19-13)17-10-12-8-5-6-9-12/h12H,4-10H2,1-3H3,(H2,16,17,18,19). The van der Waals surface area contributed by atoms with Crippen molar-refractivity contribution in [2.45, 2.75) is 52.4 Å². The summed E-state index contributed by atoms with van der Waals surface area (Å²) in [4.78, 5) is 9.23. The first-order chi connectivity index (χ1) is 9.24. The predicted octanol–water partition coefficient (Wildman–Crippen LogP) is 3.38. The molecule has 2 rings (SSSR count). The first kappa shape index (κ1) is 14.1. The highest BCUT2D eigenvalue weighted by atomic mass is 15.1.